The molecular weight excluding hydrogens is 72.1 g/mol. The molecule has 38 valence electrons. The molecule has 0 spiro atoms. The molecule has 0 nitrogen and oxygen atoms in total. The van der Waals surface area contributed by atoms with Crippen LogP contribution in [0.1, 0.15) is 39.0 Å². The lowest BCUT2D eigenvalue weighted by Crippen LogP contribution is -1.81. The van der Waals surface area contributed by atoms with E-state index in [1.165, 1.54) is 6.92 Å². The average Bonchev–Trinajstić information content (AvgIpc) is 1.62. The predicted molar refractivity (Wildman–Crippen MR) is 29.7 cm³/mol. The van der Waals surface area contributed by atoms with E-state index >= 15 is 0 Å². The Kier molecular flexibility index (Phi) is 0.988. The van der Waals surface area contributed by atoms with Crippen LogP contribution in [0.3, 0.4) is 0 Å². The first-order chi connectivity index (χ1) is 4.19. The lowest BCUT2D eigenvalue weighted by atomic mass is 10.1. The number of hydrogen-bond donors (Lipinski definition) is 0. The van der Waals surface area contributed by atoms with Crippen LogP contribution < -0.4 is 0 Å². The Balaban J connectivity index is 4.40. The molecule has 0 rings (SSSR count). The zero-order chi connectivity index (χ0) is 8.58. The molecular formula is C6H14. The summed E-state index contributed by atoms with van der Waals surface area (Å²) in [6.45, 7) is 4.63. The monoisotopic (exact) mass is 90.1 g/mol. The normalized spacial score (nSPS) is 24.7. The summed E-state index contributed by atoms with van der Waals surface area (Å²) < 4.78 is 29.0. The molecule has 6 heavy (non-hydrogen) atoms. The van der Waals surface area contributed by atoms with Crippen molar-refractivity contribution in [2.75, 3.05) is 0 Å². The molecule has 0 heteroatoms. The first-order valence-electron chi connectivity index (χ1n) is 4.19. The van der Waals surface area contributed by atoms with Crippen molar-refractivity contribution in [2.45, 2.75) is 33.5 Å². The second-order valence-electron chi connectivity index (χ2n) is 1.55. The van der Waals surface area contributed by atoms with Crippen molar-refractivity contribution in [3.63, 3.8) is 0 Å². The highest BCUT2D eigenvalue weighted by molar-refractivity contribution is 4.38. The molecule has 0 aromatic carbocycles. The van der Waals surface area contributed by atoms with E-state index in [4.69, 9.17) is 5.48 Å². The molecule has 0 unspecified atom stereocenters. The van der Waals surface area contributed by atoms with Crippen LogP contribution >= 0.6 is 0 Å². The van der Waals surface area contributed by atoms with E-state index in [0.29, 0.717) is 0 Å². The maximum atomic E-state index is 7.32. The first-order valence-corrected chi connectivity index (χ1v) is 2.19. The minimum atomic E-state index is -1.75. The van der Waals surface area contributed by atoms with Gasteiger partial charge in [-0.05, 0) is 5.92 Å². The number of hydrogen-bond acceptors (Lipinski definition) is 0. The molecule has 0 fully saturated rings. The van der Waals surface area contributed by atoms with Gasteiger partial charge in [-0.2, -0.15) is 0 Å². The van der Waals surface area contributed by atoms with Crippen LogP contribution in [0.5, 0.6) is 0 Å². The maximum Gasteiger partial charge on any atom is 0.0269 e. The zero-order valence-corrected chi connectivity index (χ0v) is 4.58. The third kappa shape index (κ3) is 4.00. The van der Waals surface area contributed by atoms with Crippen LogP contribution in [0.4, 0.5) is 0 Å². The van der Waals surface area contributed by atoms with Crippen LogP contribution in [0.15, 0.2) is 0 Å². The van der Waals surface area contributed by atoms with E-state index in [2.05, 4.69) is 0 Å². The van der Waals surface area contributed by atoms with Gasteiger partial charge in [-0.1, -0.05) is 33.5 Å². The van der Waals surface area contributed by atoms with Crippen molar-refractivity contribution in [1.29, 1.82) is 0 Å². The minimum absolute atomic E-state index is 0.285. The molecule has 0 radical (unpaired) electrons. The summed E-state index contributed by atoms with van der Waals surface area (Å²) in [7, 11) is 0. The van der Waals surface area contributed by atoms with Gasteiger partial charge in [-0.3, -0.25) is 0 Å². The topological polar surface area (TPSA) is 0 Å². The van der Waals surface area contributed by atoms with Gasteiger partial charge in [-0.25, -0.2) is 0 Å². The van der Waals surface area contributed by atoms with Crippen molar-refractivity contribution >= 4 is 0 Å². The van der Waals surface area contributed by atoms with Gasteiger partial charge in [-0.15, -0.1) is 0 Å². The van der Waals surface area contributed by atoms with E-state index in [1.54, 1.807) is 13.8 Å². The molecule has 0 aromatic heterocycles. The Morgan fingerprint density at radius 2 is 2.17 bits per heavy atom. The van der Waals surface area contributed by atoms with Crippen molar-refractivity contribution in [1.82, 2.24) is 0 Å². The molecule has 0 amide bonds. The summed E-state index contributed by atoms with van der Waals surface area (Å²) >= 11 is 0. The molecule has 0 aromatic rings. The second kappa shape index (κ2) is 3.20. The average molecular weight is 90.2 g/mol. The highest BCUT2D eigenvalue weighted by atomic mass is 13.9. The Hall–Kier alpha value is 0. The van der Waals surface area contributed by atoms with Gasteiger partial charge >= 0.3 is 0 Å². The van der Waals surface area contributed by atoms with E-state index in [0.717, 1.165) is 0 Å². The third-order valence-electron chi connectivity index (χ3n) is 0.433. The molecule has 0 atom stereocenters. The first kappa shape index (κ1) is 1.85. The molecule has 0 aliphatic rings. The fourth-order valence-electron chi connectivity index (χ4n) is 0.289. The molecule has 0 aliphatic heterocycles. The van der Waals surface area contributed by atoms with Gasteiger partial charge in [0.25, 0.3) is 0 Å². The van der Waals surface area contributed by atoms with Crippen LogP contribution in [-0.4, -0.2) is 0 Å². The standard InChI is InChI=1S/C6H14/c1-4-5-6(2)3/h6H,4-5H2,1-3H3/i4D2,5D2. The van der Waals surface area contributed by atoms with Crippen LogP contribution in [0, 0.1) is 5.92 Å². The lowest BCUT2D eigenvalue weighted by Gasteiger charge is -1.95. The molecule has 0 aliphatic carbocycles. The van der Waals surface area contributed by atoms with E-state index in [9.17, 15) is 0 Å². The van der Waals surface area contributed by atoms with Gasteiger partial charge in [0.15, 0.2) is 0 Å². The Morgan fingerprint density at radius 1 is 1.67 bits per heavy atom. The fraction of sp³-hybridized carbons (Fsp3) is 1.00. The van der Waals surface area contributed by atoms with Crippen LogP contribution in [0.2, 0.25) is 0 Å². The molecule has 0 saturated carbocycles. The zero-order valence-electron chi connectivity index (χ0n) is 8.58. The summed E-state index contributed by atoms with van der Waals surface area (Å²) in [4.78, 5) is 0. The van der Waals surface area contributed by atoms with Crippen LogP contribution in [0.25, 0.3) is 0 Å². The highest BCUT2D eigenvalue weighted by Crippen LogP contribution is 2.00. The summed E-state index contributed by atoms with van der Waals surface area (Å²) in [5.74, 6) is -0.285. The van der Waals surface area contributed by atoms with Gasteiger partial charge in [0.05, 0.1) is 0 Å². The molecule has 0 bridgehead atoms. The summed E-state index contributed by atoms with van der Waals surface area (Å²) in [5.41, 5.74) is 0. The van der Waals surface area contributed by atoms with Crippen molar-refractivity contribution < 1.29 is 5.48 Å². The van der Waals surface area contributed by atoms with Crippen molar-refractivity contribution in [3.05, 3.63) is 0 Å². The van der Waals surface area contributed by atoms with Crippen molar-refractivity contribution in [3.8, 4) is 0 Å². The van der Waals surface area contributed by atoms with Crippen molar-refractivity contribution in [2.24, 2.45) is 5.92 Å². The largest absolute Gasteiger partial charge is 0.0654 e. The fourth-order valence-corrected chi connectivity index (χ4v) is 0.289. The molecule has 0 heterocycles. The summed E-state index contributed by atoms with van der Waals surface area (Å²) in [5, 5.41) is 0. The maximum absolute atomic E-state index is 7.32. The van der Waals surface area contributed by atoms with E-state index < -0.39 is 12.7 Å². The van der Waals surface area contributed by atoms with Gasteiger partial charge in [0, 0.05) is 5.48 Å². The van der Waals surface area contributed by atoms with Gasteiger partial charge in [0.2, 0.25) is 0 Å². The Morgan fingerprint density at radius 3 is 2.17 bits per heavy atom. The quantitative estimate of drug-likeness (QED) is 0.488. The number of rotatable bonds is 2. The summed E-state index contributed by atoms with van der Waals surface area (Å²) in [6, 6.07) is 0. The summed E-state index contributed by atoms with van der Waals surface area (Å²) in [6.07, 6.45) is -3.48. The third-order valence-corrected chi connectivity index (χ3v) is 0.433. The highest BCUT2D eigenvalue weighted by Gasteiger charge is 1.85. The smallest absolute Gasteiger partial charge is 0.0269 e. The minimum Gasteiger partial charge on any atom is -0.0654 e. The van der Waals surface area contributed by atoms with E-state index in [1.807, 2.05) is 0 Å². The predicted octanol–water partition coefficient (Wildman–Crippen LogP) is 2.44. The van der Waals surface area contributed by atoms with Gasteiger partial charge in [0.1, 0.15) is 0 Å². The van der Waals surface area contributed by atoms with Crippen LogP contribution in [-0.2, 0) is 0 Å². The Bertz CT molecular complexity index is 111. The SMILES string of the molecule is [2H]C([2H])(C)C([2H])([2H])C(C)C. The van der Waals surface area contributed by atoms with E-state index in [-0.39, 0.29) is 5.92 Å². The molecule has 0 saturated heterocycles. The van der Waals surface area contributed by atoms with Gasteiger partial charge < -0.3 is 0 Å². The lowest BCUT2D eigenvalue weighted by molar-refractivity contribution is 0.576. The molecule has 0 N–H and O–H groups in total. The Labute approximate surface area is 46.2 Å². The second-order valence-corrected chi connectivity index (χ2v) is 1.55.